The molecule has 1 heterocycles. The third kappa shape index (κ3) is 7.05. The van der Waals surface area contributed by atoms with E-state index < -0.39 is 11.7 Å². The largest absolute Gasteiger partial charge is 0.487 e. The summed E-state index contributed by atoms with van der Waals surface area (Å²) < 4.78 is 16.5. The number of rotatable bonds is 6. The molecule has 31 heavy (non-hydrogen) atoms. The van der Waals surface area contributed by atoms with Gasteiger partial charge in [-0.1, -0.05) is 30.4 Å². The Kier molecular flexibility index (Phi) is 7.25. The summed E-state index contributed by atoms with van der Waals surface area (Å²) in [5.74, 6) is 0.725. The lowest BCUT2D eigenvalue weighted by atomic mass is 10.1. The third-order valence-corrected chi connectivity index (χ3v) is 4.96. The smallest absolute Gasteiger partial charge is 0.410 e. The zero-order chi connectivity index (χ0) is 22.4. The number of likely N-dealkylation sites (tertiary alicyclic amines) is 1. The standard InChI is InChI=1S/C24H32N2O5/c1-17(25-22(27)29-16-18-8-6-5-7-9-18)19-10-12-20(13-11-19)30-21-14-26(15-21)23(28)31-24(2,3)4/h6,8-13,17,21H,5,7,14-16H2,1-4H3,(H,25,27)/t17-/m0/s1. The van der Waals surface area contributed by atoms with Crippen molar-refractivity contribution in [2.75, 3.05) is 19.7 Å². The highest BCUT2D eigenvalue weighted by molar-refractivity contribution is 5.69. The average molecular weight is 429 g/mol. The summed E-state index contributed by atoms with van der Waals surface area (Å²) in [7, 11) is 0. The number of carbonyl (C=O) groups excluding carboxylic acids is 2. The molecule has 0 spiro atoms. The first-order valence-electron chi connectivity index (χ1n) is 10.7. The van der Waals surface area contributed by atoms with Crippen molar-refractivity contribution in [1.29, 1.82) is 0 Å². The van der Waals surface area contributed by atoms with E-state index >= 15 is 0 Å². The number of hydrogen-bond acceptors (Lipinski definition) is 5. The molecule has 7 heteroatoms. The fraction of sp³-hybridized carbons (Fsp3) is 0.500. The summed E-state index contributed by atoms with van der Waals surface area (Å²) in [5, 5.41) is 2.84. The topological polar surface area (TPSA) is 77.1 Å². The van der Waals surface area contributed by atoms with Gasteiger partial charge in [-0.3, -0.25) is 0 Å². The number of hydrogen-bond donors (Lipinski definition) is 1. The predicted molar refractivity (Wildman–Crippen MR) is 118 cm³/mol. The highest BCUT2D eigenvalue weighted by Gasteiger charge is 2.35. The molecule has 2 aliphatic rings. The first-order chi connectivity index (χ1) is 14.7. The molecule has 1 aromatic rings. The van der Waals surface area contributed by atoms with Gasteiger partial charge in [-0.05, 0) is 63.8 Å². The Balaban J connectivity index is 1.39. The van der Waals surface area contributed by atoms with Crippen LogP contribution in [0.4, 0.5) is 9.59 Å². The minimum Gasteiger partial charge on any atom is -0.487 e. The molecular formula is C24H32N2O5. The first kappa shape index (κ1) is 22.7. The molecule has 0 saturated carbocycles. The van der Waals surface area contributed by atoms with Gasteiger partial charge in [-0.15, -0.1) is 0 Å². The van der Waals surface area contributed by atoms with Crippen molar-refractivity contribution in [3.63, 3.8) is 0 Å². The Morgan fingerprint density at radius 2 is 1.87 bits per heavy atom. The number of carbonyl (C=O) groups is 2. The monoisotopic (exact) mass is 428 g/mol. The van der Waals surface area contributed by atoms with E-state index in [-0.39, 0.29) is 24.8 Å². The van der Waals surface area contributed by atoms with Crippen LogP contribution in [0.25, 0.3) is 0 Å². The first-order valence-corrected chi connectivity index (χ1v) is 10.7. The minimum atomic E-state index is -0.500. The van der Waals surface area contributed by atoms with E-state index in [1.165, 1.54) is 0 Å². The van der Waals surface area contributed by atoms with Crippen LogP contribution < -0.4 is 10.1 Å². The molecule has 168 valence electrons. The number of alkyl carbamates (subject to hydrolysis) is 1. The quantitative estimate of drug-likeness (QED) is 0.708. The van der Waals surface area contributed by atoms with Crippen LogP contribution in [-0.4, -0.2) is 48.5 Å². The van der Waals surface area contributed by atoms with E-state index in [4.69, 9.17) is 14.2 Å². The van der Waals surface area contributed by atoms with Crippen LogP contribution in [0.2, 0.25) is 0 Å². The number of nitrogens with one attached hydrogen (secondary N) is 1. The molecule has 1 fully saturated rings. The van der Waals surface area contributed by atoms with Gasteiger partial charge in [0.25, 0.3) is 0 Å². The fourth-order valence-corrected chi connectivity index (χ4v) is 3.24. The number of ether oxygens (including phenoxy) is 3. The summed E-state index contributed by atoms with van der Waals surface area (Å²) in [6.07, 6.45) is 7.39. The molecule has 1 aromatic carbocycles. The number of benzene rings is 1. The molecule has 1 aliphatic carbocycles. The third-order valence-electron chi connectivity index (χ3n) is 4.96. The van der Waals surface area contributed by atoms with Gasteiger partial charge in [0.2, 0.25) is 0 Å². The maximum Gasteiger partial charge on any atom is 0.410 e. The molecule has 0 unspecified atom stereocenters. The van der Waals surface area contributed by atoms with Gasteiger partial charge in [0.15, 0.2) is 0 Å². The number of nitrogens with zero attached hydrogens (tertiary/aromatic N) is 1. The Labute approximate surface area is 184 Å². The summed E-state index contributed by atoms with van der Waals surface area (Å²) >= 11 is 0. The maximum absolute atomic E-state index is 12.0. The maximum atomic E-state index is 12.0. The molecule has 0 bridgehead atoms. The lowest BCUT2D eigenvalue weighted by Crippen LogP contribution is -2.57. The average Bonchev–Trinajstić information content (AvgIpc) is 2.68. The molecule has 2 amide bonds. The van der Waals surface area contributed by atoms with Crippen molar-refractivity contribution < 1.29 is 23.8 Å². The Hall–Kier alpha value is -2.96. The molecule has 1 saturated heterocycles. The summed E-state index contributed by atoms with van der Waals surface area (Å²) in [4.78, 5) is 25.7. The fourth-order valence-electron chi connectivity index (χ4n) is 3.24. The van der Waals surface area contributed by atoms with E-state index in [1.54, 1.807) is 4.90 Å². The van der Waals surface area contributed by atoms with E-state index in [2.05, 4.69) is 17.5 Å². The lowest BCUT2D eigenvalue weighted by molar-refractivity contribution is -0.0221. The molecule has 1 N–H and O–H groups in total. The van der Waals surface area contributed by atoms with E-state index in [0.717, 1.165) is 29.7 Å². The van der Waals surface area contributed by atoms with Gasteiger partial charge in [0.1, 0.15) is 24.1 Å². The van der Waals surface area contributed by atoms with Crippen LogP contribution >= 0.6 is 0 Å². The van der Waals surface area contributed by atoms with Gasteiger partial charge in [0.05, 0.1) is 19.1 Å². The number of amides is 2. The van der Waals surface area contributed by atoms with Crippen molar-refractivity contribution in [2.45, 2.75) is 58.3 Å². The summed E-state index contributed by atoms with van der Waals surface area (Å²) in [6.45, 7) is 8.74. The van der Waals surface area contributed by atoms with Crippen molar-refractivity contribution in [1.82, 2.24) is 10.2 Å². The van der Waals surface area contributed by atoms with Gasteiger partial charge in [-0.25, -0.2) is 9.59 Å². The number of allylic oxidation sites excluding steroid dienone is 2. The zero-order valence-electron chi connectivity index (χ0n) is 18.7. The zero-order valence-corrected chi connectivity index (χ0v) is 18.7. The molecule has 7 nitrogen and oxygen atoms in total. The summed E-state index contributed by atoms with van der Waals surface area (Å²) in [6, 6.07) is 7.37. The van der Waals surface area contributed by atoms with Gasteiger partial charge in [0, 0.05) is 0 Å². The molecule has 0 aromatic heterocycles. The van der Waals surface area contributed by atoms with Crippen LogP contribution in [-0.2, 0) is 9.47 Å². The molecule has 3 rings (SSSR count). The second kappa shape index (κ2) is 9.90. The second-order valence-electron chi connectivity index (χ2n) is 8.90. The van der Waals surface area contributed by atoms with Crippen LogP contribution in [0.15, 0.2) is 48.1 Å². The minimum absolute atomic E-state index is 0.0490. The van der Waals surface area contributed by atoms with E-state index in [0.29, 0.717) is 13.1 Å². The highest BCUT2D eigenvalue weighted by atomic mass is 16.6. The van der Waals surface area contributed by atoms with Crippen LogP contribution in [0.3, 0.4) is 0 Å². The predicted octanol–water partition coefficient (Wildman–Crippen LogP) is 4.75. The highest BCUT2D eigenvalue weighted by Crippen LogP contribution is 2.23. The second-order valence-corrected chi connectivity index (χ2v) is 8.90. The van der Waals surface area contributed by atoms with Crippen LogP contribution in [0, 0.1) is 0 Å². The van der Waals surface area contributed by atoms with Crippen molar-refractivity contribution >= 4 is 12.2 Å². The SMILES string of the molecule is C[C@H](NC(=O)OCC1=CCCC=C1)c1ccc(OC2CN(C(=O)OC(C)(C)C)C2)cc1. The molecule has 0 radical (unpaired) electrons. The Morgan fingerprint density at radius 3 is 2.48 bits per heavy atom. The summed E-state index contributed by atoms with van der Waals surface area (Å²) in [5.41, 5.74) is 1.47. The van der Waals surface area contributed by atoms with Gasteiger partial charge < -0.3 is 24.4 Å². The molecular weight excluding hydrogens is 396 g/mol. The van der Waals surface area contributed by atoms with Crippen molar-refractivity contribution in [2.24, 2.45) is 0 Å². The molecule has 1 atom stereocenters. The van der Waals surface area contributed by atoms with Gasteiger partial charge in [-0.2, -0.15) is 0 Å². The van der Waals surface area contributed by atoms with Crippen LogP contribution in [0.5, 0.6) is 5.75 Å². The molecule has 1 aliphatic heterocycles. The lowest BCUT2D eigenvalue weighted by Gasteiger charge is -2.39. The van der Waals surface area contributed by atoms with E-state index in [1.807, 2.05) is 58.0 Å². The van der Waals surface area contributed by atoms with Crippen molar-refractivity contribution in [3.05, 3.63) is 53.6 Å². The van der Waals surface area contributed by atoms with Crippen LogP contribution in [0.1, 0.15) is 52.1 Å². The van der Waals surface area contributed by atoms with E-state index in [9.17, 15) is 9.59 Å². The van der Waals surface area contributed by atoms with Crippen molar-refractivity contribution in [3.8, 4) is 5.75 Å². The van der Waals surface area contributed by atoms with Gasteiger partial charge >= 0.3 is 12.2 Å². The Morgan fingerprint density at radius 1 is 1.16 bits per heavy atom. The Bertz CT molecular complexity index is 833. The normalized spacial score (nSPS) is 17.3.